The lowest BCUT2D eigenvalue weighted by molar-refractivity contribution is -0.920. The van der Waals surface area contributed by atoms with Gasteiger partial charge in [0.05, 0.1) is 40.3 Å². The summed E-state index contributed by atoms with van der Waals surface area (Å²) < 4.78 is 32.0. The molecule has 0 amide bonds. The highest BCUT2D eigenvalue weighted by Gasteiger charge is 2.33. The van der Waals surface area contributed by atoms with Crippen molar-refractivity contribution in [2.45, 2.75) is 30.9 Å². The van der Waals surface area contributed by atoms with Gasteiger partial charge in [-0.3, -0.25) is 4.18 Å². The Bertz CT molecular complexity index is 909. The maximum Gasteiger partial charge on any atom is 0.217 e. The van der Waals surface area contributed by atoms with Crippen LogP contribution < -0.4 is 5.11 Å². The van der Waals surface area contributed by atoms with Gasteiger partial charge in [0.2, 0.25) is 10.4 Å². The Morgan fingerprint density at radius 1 is 1.06 bits per heavy atom. The first-order valence-corrected chi connectivity index (χ1v) is 11.7. The van der Waals surface area contributed by atoms with Crippen LogP contribution in [0.4, 0.5) is 0 Å². The number of likely N-dealkylation sites (N-methyl/N-ethyl adjacent to an activating group) is 1. The molecular formula is C23H32NO8S-. The summed E-state index contributed by atoms with van der Waals surface area (Å²) in [5.41, 5.74) is -1.54. The first-order chi connectivity index (χ1) is 15.4. The SMILES string of the molecule is COS(=O)(=O)[O-].C[N+]1(C)CCCCC1CO.O=C([O-])C(O)(c1ccccc1)c1ccccc1. The van der Waals surface area contributed by atoms with E-state index in [2.05, 4.69) is 18.3 Å². The summed E-state index contributed by atoms with van der Waals surface area (Å²) in [7, 11) is 0.813. The second kappa shape index (κ2) is 12.8. The highest BCUT2D eigenvalue weighted by molar-refractivity contribution is 7.80. The lowest BCUT2D eigenvalue weighted by atomic mass is 9.86. The molecular weight excluding hydrogens is 450 g/mol. The average molecular weight is 483 g/mol. The van der Waals surface area contributed by atoms with Crippen LogP contribution >= 0.6 is 0 Å². The molecule has 2 aromatic carbocycles. The van der Waals surface area contributed by atoms with E-state index in [1.165, 1.54) is 25.8 Å². The molecule has 1 fully saturated rings. The van der Waals surface area contributed by atoms with Crippen LogP contribution in [0.25, 0.3) is 0 Å². The number of aliphatic carboxylic acids is 1. The predicted molar refractivity (Wildman–Crippen MR) is 119 cm³/mol. The van der Waals surface area contributed by atoms with E-state index in [9.17, 15) is 28.0 Å². The zero-order valence-electron chi connectivity index (χ0n) is 19.1. The molecule has 0 radical (unpaired) electrons. The molecule has 184 valence electrons. The molecule has 1 saturated heterocycles. The number of aliphatic hydroxyl groups is 2. The first kappa shape index (κ1) is 28.7. The van der Waals surface area contributed by atoms with Crippen molar-refractivity contribution in [3.05, 3.63) is 71.8 Å². The Hall–Kier alpha value is -2.34. The number of aliphatic hydroxyl groups excluding tert-OH is 1. The van der Waals surface area contributed by atoms with Crippen molar-refractivity contribution in [2.24, 2.45) is 0 Å². The molecule has 3 rings (SSSR count). The smallest absolute Gasteiger partial charge is 0.217 e. The summed E-state index contributed by atoms with van der Waals surface area (Å²) in [5, 5.41) is 30.6. The molecule has 0 saturated carbocycles. The van der Waals surface area contributed by atoms with Crippen molar-refractivity contribution < 1.29 is 41.8 Å². The fraction of sp³-hybridized carbons (Fsp3) is 0.435. The molecule has 2 aromatic rings. The van der Waals surface area contributed by atoms with Crippen molar-refractivity contribution in [1.29, 1.82) is 0 Å². The molecule has 1 aliphatic rings. The number of carboxylic acid groups (broad SMARTS) is 1. The lowest BCUT2D eigenvalue weighted by Gasteiger charge is -2.40. The molecule has 1 atom stereocenters. The van der Waals surface area contributed by atoms with Gasteiger partial charge < -0.3 is 29.1 Å². The monoisotopic (exact) mass is 482 g/mol. The van der Waals surface area contributed by atoms with E-state index in [0.717, 1.165) is 11.6 Å². The Balaban J connectivity index is 0.000000288. The minimum Gasteiger partial charge on any atom is -0.726 e. The summed E-state index contributed by atoms with van der Waals surface area (Å²) in [6.45, 7) is 1.58. The third-order valence-electron chi connectivity index (χ3n) is 5.60. The Kier molecular flexibility index (Phi) is 11.1. The van der Waals surface area contributed by atoms with Crippen LogP contribution in [0.5, 0.6) is 0 Å². The summed E-state index contributed by atoms with van der Waals surface area (Å²) in [6, 6.07) is 16.9. The Labute approximate surface area is 195 Å². The van der Waals surface area contributed by atoms with E-state index in [-0.39, 0.29) is 11.1 Å². The van der Waals surface area contributed by atoms with Crippen molar-refractivity contribution in [3.8, 4) is 0 Å². The van der Waals surface area contributed by atoms with E-state index in [4.69, 9.17) is 5.11 Å². The zero-order chi connectivity index (χ0) is 25.1. The van der Waals surface area contributed by atoms with E-state index in [1.54, 1.807) is 60.7 Å². The molecule has 1 heterocycles. The summed E-state index contributed by atoms with van der Waals surface area (Å²) in [4.78, 5) is 11.3. The summed E-state index contributed by atoms with van der Waals surface area (Å²) in [5.74, 6) is -1.53. The van der Waals surface area contributed by atoms with Crippen LogP contribution in [0.15, 0.2) is 60.7 Å². The zero-order valence-corrected chi connectivity index (χ0v) is 19.9. The van der Waals surface area contributed by atoms with Crippen molar-refractivity contribution in [1.82, 2.24) is 0 Å². The minimum atomic E-state index is -4.41. The third-order valence-corrected chi connectivity index (χ3v) is 6.01. The second-order valence-electron chi connectivity index (χ2n) is 8.14. The molecule has 0 bridgehead atoms. The van der Waals surface area contributed by atoms with E-state index >= 15 is 0 Å². The molecule has 33 heavy (non-hydrogen) atoms. The number of nitrogens with zero attached hydrogens (tertiary/aromatic N) is 1. The molecule has 10 heteroatoms. The van der Waals surface area contributed by atoms with Gasteiger partial charge in [0.15, 0.2) is 5.60 Å². The minimum absolute atomic E-state index is 0.284. The van der Waals surface area contributed by atoms with Gasteiger partial charge in [0.25, 0.3) is 0 Å². The quantitative estimate of drug-likeness (QED) is 0.353. The largest absolute Gasteiger partial charge is 0.726 e. The van der Waals surface area contributed by atoms with Gasteiger partial charge in [-0.05, 0) is 24.0 Å². The molecule has 0 spiro atoms. The number of carboxylic acids is 1. The number of piperidine rings is 1. The van der Waals surface area contributed by atoms with Crippen molar-refractivity contribution >= 4 is 16.4 Å². The third kappa shape index (κ3) is 8.84. The average Bonchev–Trinajstić information content (AvgIpc) is 2.79. The number of benzene rings is 2. The molecule has 1 unspecified atom stereocenters. The first-order valence-electron chi connectivity index (χ1n) is 10.4. The van der Waals surface area contributed by atoms with E-state index in [1.807, 2.05) is 0 Å². The van der Waals surface area contributed by atoms with Crippen molar-refractivity contribution in [2.75, 3.05) is 34.4 Å². The normalized spacial score (nSPS) is 17.6. The van der Waals surface area contributed by atoms with Crippen LogP contribution in [0.3, 0.4) is 0 Å². The highest BCUT2D eigenvalue weighted by Crippen LogP contribution is 2.28. The maximum atomic E-state index is 11.3. The van der Waals surface area contributed by atoms with Crippen LogP contribution in [-0.2, 0) is 25.0 Å². The number of carbonyl (C=O) groups excluding carboxylic acids is 1. The molecule has 9 nitrogen and oxygen atoms in total. The number of hydrogen-bond acceptors (Lipinski definition) is 8. The summed E-state index contributed by atoms with van der Waals surface area (Å²) >= 11 is 0. The van der Waals surface area contributed by atoms with Crippen LogP contribution in [-0.4, -0.2) is 74.0 Å². The Morgan fingerprint density at radius 2 is 1.48 bits per heavy atom. The number of rotatable bonds is 5. The number of carbonyl (C=O) groups is 1. The number of hydrogen-bond donors (Lipinski definition) is 2. The molecule has 1 aliphatic heterocycles. The van der Waals surface area contributed by atoms with Gasteiger partial charge >= 0.3 is 0 Å². The predicted octanol–water partition coefficient (Wildman–Crippen LogP) is 0.373. The fourth-order valence-electron chi connectivity index (χ4n) is 3.50. The fourth-order valence-corrected chi connectivity index (χ4v) is 3.50. The van der Waals surface area contributed by atoms with Crippen LogP contribution in [0.1, 0.15) is 30.4 Å². The topological polar surface area (TPSA) is 147 Å². The number of likely N-dealkylation sites (tertiary alicyclic amines) is 1. The lowest BCUT2D eigenvalue weighted by Crippen LogP contribution is -2.53. The van der Waals surface area contributed by atoms with Crippen molar-refractivity contribution in [3.63, 3.8) is 0 Å². The standard InChI is InChI=1S/C14H12O3.C8H18NO.CH4O4S/c15-13(16)14(17,11-7-3-1-4-8-11)12-9-5-2-6-10-12;1-9(2)6-4-3-5-8(9)7-10;1-5-6(2,3)4/h1-10,17H,(H,15,16);8,10H,3-7H2,1-2H3;1H3,(H,2,3,4)/q;+1;/p-2. The second-order valence-corrected chi connectivity index (χ2v) is 9.29. The van der Waals surface area contributed by atoms with E-state index < -0.39 is 22.0 Å². The molecule has 0 aliphatic carbocycles. The Morgan fingerprint density at radius 3 is 1.76 bits per heavy atom. The van der Waals surface area contributed by atoms with Gasteiger partial charge in [-0.25, -0.2) is 8.42 Å². The molecule has 0 aromatic heterocycles. The van der Waals surface area contributed by atoms with E-state index in [0.29, 0.717) is 12.6 Å². The molecule has 2 N–H and O–H groups in total. The summed E-state index contributed by atoms with van der Waals surface area (Å²) in [6.07, 6.45) is 3.82. The highest BCUT2D eigenvalue weighted by atomic mass is 32.3. The van der Waals surface area contributed by atoms with Gasteiger partial charge in [-0.1, -0.05) is 60.7 Å². The van der Waals surface area contributed by atoms with Gasteiger partial charge in [-0.2, -0.15) is 0 Å². The van der Waals surface area contributed by atoms with Crippen LogP contribution in [0, 0.1) is 0 Å². The number of quaternary nitrogens is 1. The van der Waals surface area contributed by atoms with Crippen LogP contribution in [0.2, 0.25) is 0 Å². The van der Waals surface area contributed by atoms with Gasteiger partial charge in [-0.15, -0.1) is 0 Å². The van der Waals surface area contributed by atoms with Gasteiger partial charge in [0, 0.05) is 6.42 Å². The van der Waals surface area contributed by atoms with Gasteiger partial charge in [0.1, 0.15) is 6.04 Å². The maximum absolute atomic E-state index is 11.3.